The molecule has 0 aromatic heterocycles. The predicted octanol–water partition coefficient (Wildman–Crippen LogP) is 23.9. The van der Waals surface area contributed by atoms with E-state index in [2.05, 4.69) is 130 Å². The van der Waals surface area contributed by atoms with Gasteiger partial charge in [0.05, 0.1) is 6.42 Å². The molecule has 0 radical (unpaired) electrons. The second-order valence-electron chi connectivity index (χ2n) is 22.7. The molecule has 0 saturated heterocycles. The Morgan fingerprint density at radius 1 is 0.268 bits per heavy atom. The molecule has 468 valence electrons. The second kappa shape index (κ2) is 69.3. The Bertz CT molecular complexity index is 1690. The van der Waals surface area contributed by atoms with E-state index < -0.39 is 12.1 Å². The minimum atomic E-state index is -0.833. The summed E-state index contributed by atoms with van der Waals surface area (Å²) in [4.78, 5) is 38.3. The summed E-state index contributed by atoms with van der Waals surface area (Å²) in [5.74, 6) is -1.06. The van der Waals surface area contributed by atoms with Crippen LogP contribution in [-0.4, -0.2) is 37.2 Å². The Morgan fingerprint density at radius 2 is 0.524 bits per heavy atom. The van der Waals surface area contributed by atoms with Crippen molar-refractivity contribution in [3.05, 3.63) is 122 Å². The second-order valence-corrected chi connectivity index (χ2v) is 22.7. The van der Waals surface area contributed by atoms with Gasteiger partial charge >= 0.3 is 17.9 Å². The van der Waals surface area contributed by atoms with Crippen LogP contribution < -0.4 is 0 Å². The lowest BCUT2D eigenvalue weighted by Crippen LogP contribution is -2.30. The number of allylic oxidation sites excluding steroid dienone is 19. The van der Waals surface area contributed by atoms with Crippen LogP contribution in [0.5, 0.6) is 0 Å². The van der Waals surface area contributed by atoms with Crippen LogP contribution in [-0.2, 0) is 28.6 Å². The van der Waals surface area contributed by atoms with Gasteiger partial charge in [0.2, 0.25) is 0 Å². The highest BCUT2D eigenvalue weighted by atomic mass is 16.6. The van der Waals surface area contributed by atoms with Crippen molar-refractivity contribution in [1.29, 1.82) is 0 Å². The third kappa shape index (κ3) is 66.6. The third-order valence-electron chi connectivity index (χ3n) is 14.7. The number of hydrogen-bond donors (Lipinski definition) is 0. The molecule has 0 aliphatic carbocycles. The lowest BCUT2D eigenvalue weighted by atomic mass is 10.0. The van der Waals surface area contributed by atoms with Crippen LogP contribution in [0.4, 0.5) is 0 Å². The molecule has 0 rings (SSSR count). The Morgan fingerprint density at radius 3 is 0.854 bits per heavy atom. The van der Waals surface area contributed by atoms with Gasteiger partial charge in [-0.3, -0.25) is 14.4 Å². The molecule has 0 spiro atoms. The van der Waals surface area contributed by atoms with Crippen molar-refractivity contribution in [2.24, 2.45) is 0 Å². The summed E-state index contributed by atoms with van der Waals surface area (Å²) >= 11 is 0. The van der Waals surface area contributed by atoms with Crippen molar-refractivity contribution in [1.82, 2.24) is 0 Å². The van der Waals surface area contributed by atoms with Gasteiger partial charge < -0.3 is 14.2 Å². The van der Waals surface area contributed by atoms with E-state index in [9.17, 15) is 14.4 Å². The summed E-state index contributed by atoms with van der Waals surface area (Å²) in [5, 5.41) is 0. The van der Waals surface area contributed by atoms with Gasteiger partial charge in [-0.2, -0.15) is 0 Å². The van der Waals surface area contributed by atoms with Gasteiger partial charge in [0.25, 0.3) is 0 Å². The minimum Gasteiger partial charge on any atom is -0.462 e. The molecule has 0 bridgehead atoms. The largest absolute Gasteiger partial charge is 0.462 e. The molecule has 0 amide bonds. The first-order valence-corrected chi connectivity index (χ1v) is 34.5. The Balaban J connectivity index is 4.36. The smallest absolute Gasteiger partial charge is 0.309 e. The molecule has 0 aromatic rings. The van der Waals surface area contributed by atoms with E-state index in [1.807, 2.05) is 6.08 Å². The molecule has 6 heteroatoms. The zero-order chi connectivity index (χ0) is 59.2. The van der Waals surface area contributed by atoms with Gasteiger partial charge in [0.15, 0.2) is 6.10 Å². The fourth-order valence-electron chi connectivity index (χ4n) is 9.66. The molecular weight excluding hydrogens is 1010 g/mol. The molecule has 0 saturated carbocycles. The monoisotopic (exact) mass is 1140 g/mol. The van der Waals surface area contributed by atoms with Crippen molar-refractivity contribution in [3.63, 3.8) is 0 Å². The Hall–Kier alpha value is -4.19. The van der Waals surface area contributed by atoms with Gasteiger partial charge in [-0.15, -0.1) is 0 Å². The summed E-state index contributed by atoms with van der Waals surface area (Å²) in [6.07, 6.45) is 96.9. The van der Waals surface area contributed by atoms with Gasteiger partial charge in [0, 0.05) is 12.8 Å². The number of unbranched alkanes of at least 4 members (excludes halogenated alkanes) is 32. The number of esters is 3. The molecule has 0 fully saturated rings. The van der Waals surface area contributed by atoms with Crippen LogP contribution >= 0.6 is 0 Å². The molecule has 0 heterocycles. The number of hydrogen-bond acceptors (Lipinski definition) is 6. The molecule has 0 aliphatic rings. The zero-order valence-corrected chi connectivity index (χ0v) is 53.7. The van der Waals surface area contributed by atoms with Crippen LogP contribution in [0.15, 0.2) is 122 Å². The number of carbonyl (C=O) groups excluding carboxylic acids is 3. The number of carbonyl (C=O) groups is 3. The van der Waals surface area contributed by atoms with Crippen LogP contribution in [0.1, 0.15) is 323 Å². The molecule has 82 heavy (non-hydrogen) atoms. The van der Waals surface area contributed by atoms with E-state index in [0.717, 1.165) is 122 Å². The Labute approximate surface area is 507 Å². The van der Waals surface area contributed by atoms with Gasteiger partial charge in [0.1, 0.15) is 13.2 Å². The van der Waals surface area contributed by atoms with E-state index in [1.165, 1.54) is 161 Å². The topological polar surface area (TPSA) is 78.9 Å². The lowest BCUT2D eigenvalue weighted by molar-refractivity contribution is -0.166. The Kier molecular flexibility index (Phi) is 65.8. The summed E-state index contributed by atoms with van der Waals surface area (Å²) < 4.78 is 16.8. The number of rotatable bonds is 62. The molecular formula is C76H128O6. The molecule has 6 nitrogen and oxygen atoms in total. The normalized spacial score (nSPS) is 12.9. The maximum absolute atomic E-state index is 12.9. The summed E-state index contributed by atoms with van der Waals surface area (Å²) in [7, 11) is 0. The van der Waals surface area contributed by atoms with Crippen LogP contribution in [0.25, 0.3) is 0 Å². The van der Waals surface area contributed by atoms with E-state index in [4.69, 9.17) is 14.2 Å². The highest BCUT2D eigenvalue weighted by Crippen LogP contribution is 2.18. The quantitative estimate of drug-likeness (QED) is 0.0261. The van der Waals surface area contributed by atoms with E-state index in [0.29, 0.717) is 6.42 Å². The molecule has 0 aliphatic heterocycles. The maximum Gasteiger partial charge on any atom is 0.309 e. The summed E-state index contributed by atoms with van der Waals surface area (Å²) in [5.41, 5.74) is 0. The molecule has 1 atom stereocenters. The average molecular weight is 1140 g/mol. The van der Waals surface area contributed by atoms with Gasteiger partial charge in [-0.05, 0) is 89.9 Å². The summed E-state index contributed by atoms with van der Waals surface area (Å²) in [6, 6.07) is 0. The fourth-order valence-corrected chi connectivity index (χ4v) is 9.66. The zero-order valence-electron chi connectivity index (χ0n) is 53.7. The maximum atomic E-state index is 12.9. The van der Waals surface area contributed by atoms with Crippen molar-refractivity contribution in [3.8, 4) is 0 Å². The van der Waals surface area contributed by atoms with Crippen LogP contribution in [0, 0.1) is 0 Å². The SMILES string of the molecule is CC/C=C\C/C=C\C/C=C\C/C=C\C/C=C\CCCCCCCC(=O)OC(COC(=O)C/C=C\C/C=C\C/C=C\C/C=C\C/C=C\CC)COC(=O)CCCCCCCCCCCCCCCCCCCCCCCCCCCCCC. The van der Waals surface area contributed by atoms with E-state index in [-0.39, 0.29) is 38.0 Å². The first kappa shape index (κ1) is 77.8. The standard InChI is InChI=1S/C76H128O6/c1-4-7-10-13-16-19-22-25-28-30-32-34-35-36-37-38-39-40-42-43-45-48-51-54-57-60-63-66-69-75(78)81-72-73(71-80-74(77)68-65-62-59-56-53-50-47-27-24-21-18-15-12-9-6-3)82-76(79)70-67-64-61-58-55-52-49-46-44-41-33-31-29-26-23-20-17-14-11-8-5-2/h8-9,11-12,17-18,20-21,26-27,29,33,41,46-47,49,53,56,62,65,73H,4-7,10,13-16,19,22-25,28,30-32,34-40,42-45,48,50-52,54-55,57-61,63-64,66-72H2,1-3H3/b11-8-,12-9-,20-17-,21-18-,29-26-,41-33-,47-27-,49-46-,56-53-,65-62-. The first-order valence-electron chi connectivity index (χ1n) is 34.5. The highest BCUT2D eigenvalue weighted by molar-refractivity contribution is 5.72. The van der Waals surface area contributed by atoms with Crippen molar-refractivity contribution >= 4 is 17.9 Å². The number of ether oxygens (including phenoxy) is 3. The van der Waals surface area contributed by atoms with Gasteiger partial charge in [-0.25, -0.2) is 0 Å². The van der Waals surface area contributed by atoms with Crippen molar-refractivity contribution in [2.75, 3.05) is 13.2 Å². The van der Waals surface area contributed by atoms with E-state index in [1.54, 1.807) is 6.08 Å². The van der Waals surface area contributed by atoms with Crippen molar-refractivity contribution in [2.45, 2.75) is 329 Å². The van der Waals surface area contributed by atoms with E-state index >= 15 is 0 Å². The lowest BCUT2D eigenvalue weighted by Gasteiger charge is -2.18. The first-order chi connectivity index (χ1) is 40.5. The molecule has 0 N–H and O–H groups in total. The van der Waals surface area contributed by atoms with Crippen LogP contribution in [0.3, 0.4) is 0 Å². The average Bonchev–Trinajstić information content (AvgIpc) is 3.47. The summed E-state index contributed by atoms with van der Waals surface area (Å²) in [6.45, 7) is 6.34. The third-order valence-corrected chi connectivity index (χ3v) is 14.7. The van der Waals surface area contributed by atoms with Gasteiger partial charge in [-0.1, -0.05) is 335 Å². The predicted molar refractivity (Wildman–Crippen MR) is 357 cm³/mol. The van der Waals surface area contributed by atoms with Crippen LogP contribution in [0.2, 0.25) is 0 Å². The van der Waals surface area contributed by atoms with Crippen molar-refractivity contribution < 1.29 is 28.6 Å². The highest BCUT2D eigenvalue weighted by Gasteiger charge is 2.19. The minimum absolute atomic E-state index is 0.116. The molecule has 1 unspecified atom stereocenters. The fraction of sp³-hybridized carbons (Fsp3) is 0.697. The molecule has 0 aromatic carbocycles.